The second kappa shape index (κ2) is 6.46. The lowest BCUT2D eigenvalue weighted by atomic mass is 10.1. The van der Waals surface area contributed by atoms with Crippen LogP contribution < -0.4 is 5.56 Å². The Morgan fingerprint density at radius 3 is 2.54 bits per heavy atom. The van der Waals surface area contributed by atoms with Gasteiger partial charge in [0.05, 0.1) is 0 Å². The lowest BCUT2D eigenvalue weighted by Crippen LogP contribution is -2.18. The molecule has 5 heteroatoms. The van der Waals surface area contributed by atoms with Gasteiger partial charge in [-0.05, 0) is 53.9 Å². The summed E-state index contributed by atoms with van der Waals surface area (Å²) < 4.78 is 3.72. The van der Waals surface area contributed by atoms with Crippen molar-refractivity contribution in [2.75, 3.05) is 0 Å². The van der Waals surface area contributed by atoms with E-state index in [1.165, 1.54) is 5.56 Å². The Bertz CT molecular complexity index is 1130. The average molecular weight is 364 g/mol. The van der Waals surface area contributed by atoms with Crippen molar-refractivity contribution in [1.82, 2.24) is 14.0 Å². The summed E-state index contributed by atoms with van der Waals surface area (Å²) in [6.45, 7) is 1.84. The highest BCUT2D eigenvalue weighted by Crippen LogP contribution is 2.22. The number of nitrogens with zero attached hydrogens (tertiary/aromatic N) is 3. The molecular formula is C21H18ClN3O. The van der Waals surface area contributed by atoms with E-state index < -0.39 is 0 Å². The van der Waals surface area contributed by atoms with Gasteiger partial charge < -0.3 is 8.97 Å². The zero-order valence-corrected chi connectivity index (χ0v) is 15.4. The van der Waals surface area contributed by atoms with Gasteiger partial charge in [0.15, 0.2) is 0 Å². The van der Waals surface area contributed by atoms with Crippen molar-refractivity contribution < 1.29 is 0 Å². The lowest BCUT2D eigenvalue weighted by molar-refractivity contribution is 0.850. The van der Waals surface area contributed by atoms with Crippen LogP contribution in [0.25, 0.3) is 16.8 Å². The summed E-state index contributed by atoms with van der Waals surface area (Å²) >= 11 is 5.97. The lowest BCUT2D eigenvalue weighted by Gasteiger charge is -2.08. The summed E-state index contributed by atoms with van der Waals surface area (Å²) in [6, 6.07) is 13.8. The van der Waals surface area contributed by atoms with Gasteiger partial charge >= 0.3 is 0 Å². The first-order valence-electron chi connectivity index (χ1n) is 8.39. The molecule has 4 rings (SSSR count). The molecule has 0 saturated heterocycles. The predicted octanol–water partition coefficient (Wildman–Crippen LogP) is 4.25. The SMILES string of the molecule is Cc1cc(-c2ccc3ncc(Cc4ccc(Cl)cc4)n3c2)cn(C)c1=O. The van der Waals surface area contributed by atoms with E-state index >= 15 is 0 Å². The number of aromatic nitrogens is 3. The van der Waals surface area contributed by atoms with Crippen molar-refractivity contribution in [2.45, 2.75) is 13.3 Å². The van der Waals surface area contributed by atoms with Crippen LogP contribution in [-0.2, 0) is 13.5 Å². The van der Waals surface area contributed by atoms with Gasteiger partial charge in [0, 0.05) is 48.3 Å². The van der Waals surface area contributed by atoms with Gasteiger partial charge in [-0.25, -0.2) is 4.98 Å². The Morgan fingerprint density at radius 1 is 1.04 bits per heavy atom. The number of benzene rings is 1. The summed E-state index contributed by atoms with van der Waals surface area (Å²) in [5, 5.41) is 0.735. The maximum Gasteiger partial charge on any atom is 0.253 e. The molecule has 0 atom stereocenters. The number of hydrogen-bond donors (Lipinski definition) is 0. The topological polar surface area (TPSA) is 39.3 Å². The predicted molar refractivity (Wildman–Crippen MR) is 105 cm³/mol. The monoisotopic (exact) mass is 363 g/mol. The minimum atomic E-state index is 0.0286. The molecule has 0 aliphatic carbocycles. The highest BCUT2D eigenvalue weighted by molar-refractivity contribution is 6.30. The first kappa shape index (κ1) is 16.6. The first-order valence-corrected chi connectivity index (χ1v) is 8.77. The van der Waals surface area contributed by atoms with Gasteiger partial charge in [-0.3, -0.25) is 4.79 Å². The average Bonchev–Trinajstić information content (AvgIpc) is 3.03. The summed E-state index contributed by atoms with van der Waals surface area (Å²) in [4.78, 5) is 16.4. The summed E-state index contributed by atoms with van der Waals surface area (Å²) in [7, 11) is 1.78. The smallest absolute Gasteiger partial charge is 0.253 e. The van der Waals surface area contributed by atoms with Crippen LogP contribution in [0.3, 0.4) is 0 Å². The molecule has 0 N–H and O–H groups in total. The Morgan fingerprint density at radius 2 is 1.81 bits per heavy atom. The number of hydrogen-bond acceptors (Lipinski definition) is 2. The summed E-state index contributed by atoms with van der Waals surface area (Å²) in [5.41, 5.74) is 6.01. The molecule has 0 spiro atoms. The number of fused-ring (bicyclic) bond motifs is 1. The normalized spacial score (nSPS) is 11.2. The largest absolute Gasteiger partial charge is 0.318 e. The zero-order valence-electron chi connectivity index (χ0n) is 14.6. The molecule has 0 fully saturated rings. The number of halogens is 1. The van der Waals surface area contributed by atoms with Crippen molar-refractivity contribution in [3.63, 3.8) is 0 Å². The molecule has 26 heavy (non-hydrogen) atoms. The van der Waals surface area contributed by atoms with Crippen molar-refractivity contribution in [1.29, 1.82) is 0 Å². The summed E-state index contributed by atoms with van der Waals surface area (Å²) in [6.07, 6.45) is 6.62. The second-order valence-electron chi connectivity index (χ2n) is 6.53. The molecule has 0 bridgehead atoms. The third kappa shape index (κ3) is 3.04. The molecule has 130 valence electrons. The Labute approximate surface area is 156 Å². The van der Waals surface area contributed by atoms with E-state index in [-0.39, 0.29) is 5.56 Å². The van der Waals surface area contributed by atoms with Gasteiger partial charge in [-0.2, -0.15) is 0 Å². The van der Waals surface area contributed by atoms with Crippen LogP contribution in [0.15, 0.2) is 65.8 Å². The van der Waals surface area contributed by atoms with E-state index in [9.17, 15) is 4.79 Å². The molecule has 3 aromatic heterocycles. The van der Waals surface area contributed by atoms with Crippen molar-refractivity contribution in [3.05, 3.63) is 93.3 Å². The first-order chi connectivity index (χ1) is 12.5. The van der Waals surface area contributed by atoms with Gasteiger partial charge in [-0.1, -0.05) is 23.7 Å². The molecule has 1 aromatic carbocycles. The van der Waals surface area contributed by atoms with Gasteiger partial charge in [0.1, 0.15) is 5.65 Å². The fourth-order valence-corrected chi connectivity index (χ4v) is 3.31. The van der Waals surface area contributed by atoms with Crippen molar-refractivity contribution >= 4 is 17.2 Å². The Balaban J connectivity index is 1.77. The molecule has 0 radical (unpaired) electrons. The maximum atomic E-state index is 11.9. The third-order valence-corrected chi connectivity index (χ3v) is 4.83. The van der Waals surface area contributed by atoms with E-state index in [4.69, 9.17) is 11.6 Å². The van der Waals surface area contributed by atoms with Gasteiger partial charge in [-0.15, -0.1) is 0 Å². The summed E-state index contributed by atoms with van der Waals surface area (Å²) in [5.74, 6) is 0. The molecular weight excluding hydrogens is 346 g/mol. The Hall–Kier alpha value is -2.85. The maximum absolute atomic E-state index is 11.9. The van der Waals surface area contributed by atoms with Gasteiger partial charge in [0.25, 0.3) is 5.56 Å². The van der Waals surface area contributed by atoms with Crippen LogP contribution in [0.4, 0.5) is 0 Å². The molecule has 3 heterocycles. The fraction of sp³-hybridized carbons (Fsp3) is 0.143. The molecule has 4 nitrogen and oxygen atoms in total. The fourth-order valence-electron chi connectivity index (χ4n) is 3.18. The van der Waals surface area contributed by atoms with Crippen LogP contribution in [0.1, 0.15) is 16.8 Å². The number of rotatable bonds is 3. The highest BCUT2D eigenvalue weighted by Gasteiger charge is 2.08. The number of pyridine rings is 2. The van der Waals surface area contributed by atoms with E-state index in [1.807, 2.05) is 61.8 Å². The van der Waals surface area contributed by atoms with E-state index in [0.717, 1.165) is 39.5 Å². The molecule has 0 aliphatic rings. The molecule has 0 aliphatic heterocycles. The number of aryl methyl sites for hydroxylation is 2. The molecule has 0 saturated carbocycles. The van der Waals surface area contributed by atoms with E-state index in [2.05, 4.69) is 15.6 Å². The highest BCUT2D eigenvalue weighted by atomic mass is 35.5. The van der Waals surface area contributed by atoms with Crippen LogP contribution in [0.2, 0.25) is 5.02 Å². The quantitative estimate of drug-likeness (QED) is 0.545. The third-order valence-electron chi connectivity index (χ3n) is 4.58. The zero-order chi connectivity index (χ0) is 18.3. The van der Waals surface area contributed by atoms with E-state index in [0.29, 0.717) is 0 Å². The van der Waals surface area contributed by atoms with Crippen LogP contribution >= 0.6 is 11.6 Å². The molecule has 0 amide bonds. The molecule has 4 aromatic rings. The minimum absolute atomic E-state index is 0.0286. The van der Waals surface area contributed by atoms with Crippen molar-refractivity contribution in [2.24, 2.45) is 7.05 Å². The van der Waals surface area contributed by atoms with Crippen LogP contribution in [0, 0.1) is 6.92 Å². The minimum Gasteiger partial charge on any atom is -0.318 e. The Kier molecular flexibility index (Phi) is 4.13. The van der Waals surface area contributed by atoms with E-state index in [1.54, 1.807) is 11.6 Å². The van der Waals surface area contributed by atoms with Crippen LogP contribution in [0.5, 0.6) is 0 Å². The van der Waals surface area contributed by atoms with Gasteiger partial charge in [0.2, 0.25) is 0 Å². The number of imidazole rings is 1. The second-order valence-corrected chi connectivity index (χ2v) is 6.96. The standard InChI is InChI=1S/C21H18ClN3O/c1-14-9-17(12-24(2)21(14)26)16-5-8-20-23-11-19(25(20)13-16)10-15-3-6-18(22)7-4-15/h3-9,11-13H,10H2,1-2H3. The molecule has 0 unspecified atom stereocenters. The van der Waals surface area contributed by atoms with Crippen LogP contribution in [-0.4, -0.2) is 14.0 Å². The van der Waals surface area contributed by atoms with Crippen molar-refractivity contribution in [3.8, 4) is 11.1 Å².